The third kappa shape index (κ3) is 8.72. The van der Waals surface area contributed by atoms with Crippen molar-refractivity contribution < 1.29 is 29.0 Å². The number of ether oxygens (including phenoxy) is 2. The molecule has 10 nitrogen and oxygen atoms in total. The smallest absolute Gasteiger partial charge is 0.408 e. The van der Waals surface area contributed by atoms with Crippen molar-refractivity contribution in [3.05, 3.63) is 62.8 Å². The Hall–Kier alpha value is -3.34. The Morgan fingerprint density at radius 3 is 2.33 bits per heavy atom. The number of nitrogens with one attached hydrogen (secondary N) is 1. The van der Waals surface area contributed by atoms with Gasteiger partial charge >= 0.3 is 12.1 Å². The number of halogens is 2. The summed E-state index contributed by atoms with van der Waals surface area (Å²) in [5.74, 6) is -0.531. The van der Waals surface area contributed by atoms with E-state index >= 15 is 0 Å². The molecule has 2 aromatic carbocycles. The zero-order valence-electron chi connectivity index (χ0n) is 28.3. The van der Waals surface area contributed by atoms with Gasteiger partial charge < -0.3 is 24.8 Å². The lowest BCUT2D eigenvalue weighted by Crippen LogP contribution is -2.46. The molecule has 2 atom stereocenters. The number of esters is 1. The molecular formula is C34H46Cl2N4O6. The van der Waals surface area contributed by atoms with Crippen molar-refractivity contribution in [3.63, 3.8) is 0 Å². The Kier molecular flexibility index (Phi) is 11.8. The maximum Gasteiger partial charge on any atom is 0.408 e. The molecule has 2 unspecified atom stereocenters. The van der Waals surface area contributed by atoms with E-state index in [0.717, 1.165) is 27.6 Å². The summed E-state index contributed by atoms with van der Waals surface area (Å²) in [6.07, 6.45) is 0.250. The number of rotatable bonds is 6. The van der Waals surface area contributed by atoms with Gasteiger partial charge in [0.15, 0.2) is 5.15 Å². The molecule has 1 aliphatic heterocycles. The van der Waals surface area contributed by atoms with Crippen molar-refractivity contribution in [2.24, 2.45) is 13.0 Å². The second kappa shape index (κ2) is 14.6. The Bertz CT molecular complexity index is 1590. The van der Waals surface area contributed by atoms with Crippen molar-refractivity contribution in [1.82, 2.24) is 20.0 Å². The number of carbonyl (C=O) groups is 3. The molecule has 4 rings (SSSR count). The zero-order chi connectivity index (χ0) is 34.7. The molecule has 2 N–H and O–H groups in total. The standard InChI is InChI=1S/C23H25Cl2N3O2.C11H21NO4/c1-13-14-6-5-7-17(23(2,3)30)15(14)10-11-28(13)20(29)12-16-18(24)8-9-19-21(16)22(25)26-27(19)4;1-7(2)8(9(13)15-6)12-10(14)16-11(3,4)5/h5-9,13,30H,10-12H2,1-4H3;7-8H,1-6H3,(H,12,14). The number of aliphatic hydroxyl groups is 1. The van der Waals surface area contributed by atoms with Crippen LogP contribution in [0.25, 0.3) is 10.9 Å². The third-order valence-corrected chi connectivity index (χ3v) is 8.48. The summed E-state index contributed by atoms with van der Waals surface area (Å²) >= 11 is 12.8. The highest BCUT2D eigenvalue weighted by Crippen LogP contribution is 2.37. The molecular weight excluding hydrogens is 631 g/mol. The lowest BCUT2D eigenvalue weighted by molar-refractivity contribution is -0.144. The highest BCUT2D eigenvalue weighted by Gasteiger charge is 2.32. The third-order valence-electron chi connectivity index (χ3n) is 7.86. The van der Waals surface area contributed by atoms with E-state index in [0.29, 0.717) is 28.7 Å². The fraction of sp³-hybridized carbons (Fsp3) is 0.529. The van der Waals surface area contributed by atoms with Crippen molar-refractivity contribution in [2.75, 3.05) is 13.7 Å². The number of alkyl carbamates (subject to hydrolysis) is 1. The van der Waals surface area contributed by atoms with Crippen LogP contribution in [0.5, 0.6) is 0 Å². The SMILES string of the molecule is CC1c2cccc(C(C)(C)O)c2CCN1C(=O)Cc1c(Cl)ccc2c1c(Cl)nn2C.COC(=O)C(NC(=O)OC(C)(C)C)C(C)C. The first-order chi connectivity index (χ1) is 21.3. The minimum atomic E-state index is -0.919. The van der Waals surface area contributed by atoms with E-state index in [1.807, 2.05) is 57.0 Å². The average molecular weight is 678 g/mol. The number of carbonyl (C=O) groups excluding carboxylic acids is 3. The van der Waals surface area contributed by atoms with E-state index in [4.69, 9.17) is 27.9 Å². The molecule has 3 aromatic rings. The molecule has 12 heteroatoms. The van der Waals surface area contributed by atoms with Gasteiger partial charge in [-0.15, -0.1) is 0 Å². The van der Waals surface area contributed by atoms with Crippen LogP contribution in [0, 0.1) is 5.92 Å². The van der Waals surface area contributed by atoms with E-state index in [2.05, 4.69) is 15.2 Å². The summed E-state index contributed by atoms with van der Waals surface area (Å²) in [7, 11) is 3.10. The molecule has 252 valence electrons. The number of hydrogen-bond acceptors (Lipinski definition) is 7. The minimum absolute atomic E-state index is 0.00358. The first-order valence-corrected chi connectivity index (χ1v) is 16.0. The van der Waals surface area contributed by atoms with Crippen LogP contribution in [0.15, 0.2) is 30.3 Å². The van der Waals surface area contributed by atoms with Gasteiger partial charge in [-0.05, 0) is 88.3 Å². The number of fused-ring (bicyclic) bond motifs is 2. The van der Waals surface area contributed by atoms with Gasteiger partial charge in [0.1, 0.15) is 11.6 Å². The van der Waals surface area contributed by atoms with Crippen LogP contribution in [0.3, 0.4) is 0 Å². The van der Waals surface area contributed by atoms with Gasteiger partial charge in [-0.2, -0.15) is 5.10 Å². The number of aromatic nitrogens is 2. The second-order valence-electron chi connectivity index (χ2n) is 13.3. The summed E-state index contributed by atoms with van der Waals surface area (Å²) in [4.78, 5) is 38.0. The van der Waals surface area contributed by atoms with E-state index in [-0.39, 0.29) is 24.3 Å². The fourth-order valence-corrected chi connectivity index (χ4v) is 6.16. The van der Waals surface area contributed by atoms with Crippen molar-refractivity contribution >= 4 is 52.1 Å². The van der Waals surface area contributed by atoms with E-state index in [1.54, 1.807) is 45.4 Å². The van der Waals surface area contributed by atoms with Crippen LogP contribution in [-0.2, 0) is 44.6 Å². The Morgan fingerprint density at radius 2 is 1.76 bits per heavy atom. The van der Waals surface area contributed by atoms with Crippen LogP contribution < -0.4 is 5.32 Å². The molecule has 0 saturated carbocycles. The van der Waals surface area contributed by atoms with Crippen molar-refractivity contribution in [1.29, 1.82) is 0 Å². The van der Waals surface area contributed by atoms with Gasteiger partial charge in [-0.1, -0.05) is 55.2 Å². The second-order valence-corrected chi connectivity index (χ2v) is 14.1. The Balaban J connectivity index is 0.000000307. The number of nitrogens with zero attached hydrogens (tertiary/aromatic N) is 3. The molecule has 0 bridgehead atoms. The largest absolute Gasteiger partial charge is 0.467 e. The first-order valence-electron chi connectivity index (χ1n) is 15.3. The molecule has 2 amide bonds. The summed E-state index contributed by atoms with van der Waals surface area (Å²) in [6, 6.07) is 8.83. The van der Waals surface area contributed by atoms with Gasteiger partial charge in [0, 0.05) is 24.0 Å². The number of amides is 2. The van der Waals surface area contributed by atoms with Crippen LogP contribution in [-0.4, -0.2) is 63.1 Å². The van der Waals surface area contributed by atoms with Gasteiger partial charge in [0.25, 0.3) is 0 Å². The van der Waals surface area contributed by atoms with Crippen molar-refractivity contribution in [3.8, 4) is 0 Å². The van der Waals surface area contributed by atoms with Gasteiger partial charge in [0.2, 0.25) is 5.91 Å². The molecule has 46 heavy (non-hydrogen) atoms. The summed E-state index contributed by atoms with van der Waals surface area (Å²) < 4.78 is 11.3. The summed E-state index contributed by atoms with van der Waals surface area (Å²) in [5, 5.41) is 18.9. The normalized spacial score (nSPS) is 15.5. The molecule has 2 heterocycles. The van der Waals surface area contributed by atoms with Crippen LogP contribution in [0.1, 0.15) is 83.7 Å². The quantitative estimate of drug-likeness (QED) is 0.286. The molecule has 0 radical (unpaired) electrons. The first kappa shape index (κ1) is 37.1. The van der Waals surface area contributed by atoms with Crippen LogP contribution >= 0.6 is 23.2 Å². The molecule has 0 saturated heterocycles. The lowest BCUT2D eigenvalue weighted by Gasteiger charge is -2.38. The lowest BCUT2D eigenvalue weighted by atomic mass is 9.84. The fourth-order valence-electron chi connectivity index (χ4n) is 5.61. The van der Waals surface area contributed by atoms with E-state index in [1.165, 1.54) is 7.11 Å². The number of aryl methyl sites for hydroxylation is 1. The summed E-state index contributed by atoms with van der Waals surface area (Å²) in [6.45, 7) is 15.1. The van der Waals surface area contributed by atoms with Gasteiger partial charge in [-0.3, -0.25) is 9.48 Å². The molecule has 1 aliphatic rings. The van der Waals surface area contributed by atoms with Crippen LogP contribution in [0.2, 0.25) is 10.2 Å². The van der Waals surface area contributed by atoms with Crippen LogP contribution in [0.4, 0.5) is 4.79 Å². The topological polar surface area (TPSA) is 123 Å². The Labute approximate surface area is 281 Å². The highest BCUT2D eigenvalue weighted by atomic mass is 35.5. The number of methoxy groups -OCH3 is 1. The zero-order valence-corrected chi connectivity index (χ0v) is 29.8. The maximum atomic E-state index is 13.3. The van der Waals surface area contributed by atoms with Gasteiger partial charge in [-0.25, -0.2) is 9.59 Å². The maximum absolute atomic E-state index is 13.3. The molecule has 0 spiro atoms. The summed E-state index contributed by atoms with van der Waals surface area (Å²) in [5.41, 5.74) is 3.20. The molecule has 1 aromatic heterocycles. The average Bonchev–Trinajstić information content (AvgIpc) is 3.24. The van der Waals surface area contributed by atoms with Crippen molar-refractivity contribution in [2.45, 2.75) is 91.5 Å². The van der Waals surface area contributed by atoms with Gasteiger partial charge in [0.05, 0.1) is 30.7 Å². The minimum Gasteiger partial charge on any atom is -0.467 e. The highest BCUT2D eigenvalue weighted by molar-refractivity contribution is 6.37. The Morgan fingerprint density at radius 1 is 1.11 bits per heavy atom. The van der Waals surface area contributed by atoms with E-state index < -0.39 is 29.3 Å². The molecule has 0 fully saturated rings. The molecule has 0 aliphatic carbocycles. The number of benzene rings is 2. The predicted molar refractivity (Wildman–Crippen MR) is 180 cm³/mol. The number of hydrogen-bond donors (Lipinski definition) is 2. The monoisotopic (exact) mass is 676 g/mol. The predicted octanol–water partition coefficient (Wildman–Crippen LogP) is 6.50. The van der Waals surface area contributed by atoms with E-state index in [9.17, 15) is 19.5 Å².